The summed E-state index contributed by atoms with van der Waals surface area (Å²) in [4.78, 5) is 10.4. The highest BCUT2D eigenvalue weighted by Gasteiger charge is 2.23. The first kappa shape index (κ1) is 10.3. The molecular formula is C10H15N3O2. The molecular weight excluding hydrogens is 194 g/mol. The van der Waals surface area contributed by atoms with Gasteiger partial charge in [0.05, 0.1) is 12.3 Å². The second-order valence-corrected chi connectivity index (χ2v) is 4.10. The van der Waals surface area contributed by atoms with Gasteiger partial charge in [-0.3, -0.25) is 9.48 Å². The van der Waals surface area contributed by atoms with E-state index in [-0.39, 0.29) is 12.0 Å². The van der Waals surface area contributed by atoms with Gasteiger partial charge in [-0.05, 0) is 12.8 Å². The van der Waals surface area contributed by atoms with Crippen LogP contribution in [0.15, 0.2) is 6.20 Å². The second-order valence-electron chi connectivity index (χ2n) is 4.10. The number of carbonyl (C=O) groups is 1. The number of aldehydes is 1. The molecule has 5 heteroatoms. The zero-order valence-electron chi connectivity index (χ0n) is 8.54. The molecule has 0 spiro atoms. The quantitative estimate of drug-likeness (QED) is 0.742. The van der Waals surface area contributed by atoms with Gasteiger partial charge in [-0.15, -0.1) is 5.10 Å². The van der Waals surface area contributed by atoms with Crippen LogP contribution in [-0.2, 0) is 6.54 Å². The average Bonchev–Trinajstić information content (AvgIpc) is 2.69. The van der Waals surface area contributed by atoms with E-state index >= 15 is 0 Å². The highest BCUT2D eigenvalue weighted by Crippen LogP contribution is 2.25. The van der Waals surface area contributed by atoms with Crippen LogP contribution in [0.3, 0.4) is 0 Å². The van der Waals surface area contributed by atoms with Crippen LogP contribution in [0, 0.1) is 5.92 Å². The Morgan fingerprint density at radius 3 is 3.00 bits per heavy atom. The molecule has 1 N–H and O–H groups in total. The molecule has 2 unspecified atom stereocenters. The van der Waals surface area contributed by atoms with Gasteiger partial charge in [0.1, 0.15) is 5.69 Å². The first-order valence-corrected chi connectivity index (χ1v) is 5.33. The monoisotopic (exact) mass is 209 g/mol. The Morgan fingerprint density at radius 1 is 1.53 bits per heavy atom. The van der Waals surface area contributed by atoms with Gasteiger partial charge in [0.2, 0.25) is 0 Å². The summed E-state index contributed by atoms with van der Waals surface area (Å²) in [6.07, 6.45) is 6.24. The Kier molecular flexibility index (Phi) is 3.11. The molecule has 1 aliphatic rings. The zero-order valence-corrected chi connectivity index (χ0v) is 8.54. The third kappa shape index (κ3) is 2.41. The summed E-state index contributed by atoms with van der Waals surface area (Å²) in [5, 5.41) is 17.3. The summed E-state index contributed by atoms with van der Waals surface area (Å²) in [6.45, 7) is 0.655. The second kappa shape index (κ2) is 4.53. The number of carbonyl (C=O) groups excluding carboxylic acids is 1. The number of aliphatic hydroxyl groups is 1. The first-order valence-electron chi connectivity index (χ1n) is 5.33. The molecule has 1 aromatic heterocycles. The predicted molar refractivity (Wildman–Crippen MR) is 53.4 cm³/mol. The molecule has 82 valence electrons. The first-order chi connectivity index (χ1) is 7.29. The molecule has 2 rings (SSSR count). The number of hydrogen-bond donors (Lipinski definition) is 1. The maximum atomic E-state index is 10.4. The molecule has 2 atom stereocenters. The van der Waals surface area contributed by atoms with Crippen LogP contribution in [-0.4, -0.2) is 32.5 Å². The van der Waals surface area contributed by atoms with Crippen molar-refractivity contribution in [3.05, 3.63) is 11.9 Å². The van der Waals surface area contributed by atoms with E-state index in [1.807, 2.05) is 0 Å². The van der Waals surface area contributed by atoms with E-state index in [2.05, 4.69) is 10.3 Å². The molecule has 15 heavy (non-hydrogen) atoms. The normalized spacial score (nSPS) is 26.5. The van der Waals surface area contributed by atoms with Gasteiger partial charge in [0.15, 0.2) is 6.29 Å². The summed E-state index contributed by atoms with van der Waals surface area (Å²) in [5.41, 5.74) is 0.347. The molecule has 5 nitrogen and oxygen atoms in total. The van der Waals surface area contributed by atoms with Crippen LogP contribution in [0.1, 0.15) is 36.2 Å². The third-order valence-corrected chi connectivity index (χ3v) is 2.97. The van der Waals surface area contributed by atoms with Crippen molar-refractivity contribution in [2.75, 3.05) is 0 Å². The third-order valence-electron chi connectivity index (χ3n) is 2.97. The van der Waals surface area contributed by atoms with Gasteiger partial charge in [0, 0.05) is 12.5 Å². The molecule has 0 saturated heterocycles. The zero-order chi connectivity index (χ0) is 10.7. The van der Waals surface area contributed by atoms with Gasteiger partial charge in [-0.25, -0.2) is 0 Å². The van der Waals surface area contributed by atoms with Crippen LogP contribution >= 0.6 is 0 Å². The number of rotatable bonds is 3. The van der Waals surface area contributed by atoms with Crippen molar-refractivity contribution in [2.45, 2.75) is 38.3 Å². The van der Waals surface area contributed by atoms with Gasteiger partial charge in [-0.1, -0.05) is 18.1 Å². The fourth-order valence-electron chi connectivity index (χ4n) is 2.10. The Labute approximate surface area is 88.1 Å². The smallest absolute Gasteiger partial charge is 0.171 e. The van der Waals surface area contributed by atoms with E-state index in [4.69, 9.17) is 0 Å². The molecule has 0 bridgehead atoms. The molecule has 1 saturated carbocycles. The van der Waals surface area contributed by atoms with E-state index in [1.165, 1.54) is 0 Å². The minimum Gasteiger partial charge on any atom is -0.393 e. The van der Waals surface area contributed by atoms with Crippen LogP contribution < -0.4 is 0 Å². The van der Waals surface area contributed by atoms with E-state index in [0.717, 1.165) is 25.7 Å². The lowest BCUT2D eigenvalue weighted by molar-refractivity contribution is 0.0584. The molecule has 1 heterocycles. The van der Waals surface area contributed by atoms with E-state index < -0.39 is 0 Å². The molecule has 0 amide bonds. The summed E-state index contributed by atoms with van der Waals surface area (Å²) < 4.78 is 1.64. The lowest BCUT2D eigenvalue weighted by Gasteiger charge is -2.27. The molecule has 0 aromatic carbocycles. The molecule has 0 aliphatic heterocycles. The van der Waals surface area contributed by atoms with Crippen molar-refractivity contribution in [1.82, 2.24) is 15.0 Å². The summed E-state index contributed by atoms with van der Waals surface area (Å²) in [5.74, 6) is 0.250. The van der Waals surface area contributed by atoms with Crippen LogP contribution in [0.5, 0.6) is 0 Å². The summed E-state index contributed by atoms with van der Waals surface area (Å²) >= 11 is 0. The van der Waals surface area contributed by atoms with Gasteiger partial charge in [-0.2, -0.15) is 0 Å². The maximum absolute atomic E-state index is 10.4. The molecule has 1 fully saturated rings. The standard InChI is InChI=1S/C10H15N3O2/c14-7-9-6-13(12-11-9)5-8-3-1-2-4-10(8)15/h6-8,10,15H,1-5H2. The average molecular weight is 209 g/mol. The van der Waals surface area contributed by atoms with E-state index in [9.17, 15) is 9.90 Å². The number of hydrogen-bond acceptors (Lipinski definition) is 4. The minimum atomic E-state index is -0.234. The van der Waals surface area contributed by atoms with Crippen LogP contribution in [0.4, 0.5) is 0 Å². The SMILES string of the molecule is O=Cc1cn(CC2CCCCC2O)nn1. The largest absolute Gasteiger partial charge is 0.393 e. The maximum Gasteiger partial charge on any atom is 0.171 e. The van der Waals surface area contributed by atoms with Crippen molar-refractivity contribution in [2.24, 2.45) is 5.92 Å². The Balaban J connectivity index is 1.97. The predicted octanol–water partition coefficient (Wildman–Crippen LogP) is 0.642. The Bertz CT molecular complexity index is 337. The fourth-order valence-corrected chi connectivity index (χ4v) is 2.10. The highest BCUT2D eigenvalue weighted by molar-refractivity contribution is 5.70. The van der Waals surface area contributed by atoms with E-state index in [1.54, 1.807) is 10.9 Å². The summed E-state index contributed by atoms with van der Waals surface area (Å²) in [7, 11) is 0. The van der Waals surface area contributed by atoms with Crippen molar-refractivity contribution in [3.63, 3.8) is 0 Å². The number of aromatic nitrogens is 3. The molecule has 0 radical (unpaired) electrons. The topological polar surface area (TPSA) is 68.0 Å². The van der Waals surface area contributed by atoms with E-state index in [0.29, 0.717) is 18.5 Å². The Hall–Kier alpha value is -1.23. The Morgan fingerprint density at radius 2 is 2.33 bits per heavy atom. The summed E-state index contributed by atoms with van der Waals surface area (Å²) in [6, 6.07) is 0. The lowest BCUT2D eigenvalue weighted by Crippen LogP contribution is -2.28. The lowest BCUT2D eigenvalue weighted by atomic mass is 9.86. The van der Waals surface area contributed by atoms with Crippen LogP contribution in [0.25, 0.3) is 0 Å². The molecule has 1 aromatic rings. The highest BCUT2D eigenvalue weighted by atomic mass is 16.3. The van der Waals surface area contributed by atoms with Gasteiger partial charge >= 0.3 is 0 Å². The van der Waals surface area contributed by atoms with Gasteiger partial charge < -0.3 is 5.11 Å². The van der Waals surface area contributed by atoms with Gasteiger partial charge in [0.25, 0.3) is 0 Å². The molecule has 1 aliphatic carbocycles. The van der Waals surface area contributed by atoms with Crippen LogP contribution in [0.2, 0.25) is 0 Å². The number of aliphatic hydroxyl groups excluding tert-OH is 1. The number of nitrogens with zero attached hydrogens (tertiary/aromatic N) is 3. The van der Waals surface area contributed by atoms with Crippen molar-refractivity contribution >= 4 is 6.29 Å². The van der Waals surface area contributed by atoms with Crippen molar-refractivity contribution < 1.29 is 9.90 Å². The fraction of sp³-hybridized carbons (Fsp3) is 0.700. The van der Waals surface area contributed by atoms with Crippen molar-refractivity contribution in [1.29, 1.82) is 0 Å². The minimum absolute atomic E-state index is 0.234. The van der Waals surface area contributed by atoms with Crippen molar-refractivity contribution in [3.8, 4) is 0 Å².